The van der Waals surface area contributed by atoms with Gasteiger partial charge in [0.1, 0.15) is 5.41 Å². The van der Waals surface area contributed by atoms with E-state index in [1.807, 2.05) is 0 Å². The van der Waals surface area contributed by atoms with Crippen LogP contribution >= 0.6 is 11.8 Å². The van der Waals surface area contributed by atoms with Crippen molar-refractivity contribution < 1.29 is 29.0 Å². The number of thioether (sulfide) groups is 1. The lowest BCUT2D eigenvalue weighted by molar-refractivity contribution is -0.181. The summed E-state index contributed by atoms with van der Waals surface area (Å²) in [5, 5.41) is 11.2. The van der Waals surface area contributed by atoms with Crippen LogP contribution in [0.2, 0.25) is 0 Å². The molecule has 2 amide bonds. The maximum atomic E-state index is 12.9. The molecule has 23 heavy (non-hydrogen) atoms. The molecule has 9 heteroatoms. The molecule has 2 unspecified atom stereocenters. The van der Waals surface area contributed by atoms with Crippen LogP contribution in [0.5, 0.6) is 0 Å². The number of nitrogens with zero attached hydrogens (tertiary/aromatic N) is 2. The first-order valence-electron chi connectivity index (χ1n) is 7.52. The molecule has 2 saturated heterocycles. The molecule has 0 radical (unpaired) electrons. The third-order valence-corrected chi connectivity index (χ3v) is 5.10. The van der Waals surface area contributed by atoms with Gasteiger partial charge in [0, 0.05) is 25.6 Å². The molecule has 128 valence electrons. The van der Waals surface area contributed by atoms with Gasteiger partial charge in [0.2, 0.25) is 0 Å². The summed E-state index contributed by atoms with van der Waals surface area (Å²) in [5.74, 6) is -0.389. The molecule has 2 fully saturated rings. The molecule has 0 spiro atoms. The summed E-state index contributed by atoms with van der Waals surface area (Å²) >= 11 is 1.08. The number of ether oxygens (including phenoxy) is 1. The molecule has 0 aliphatic carbocycles. The van der Waals surface area contributed by atoms with Gasteiger partial charge >= 0.3 is 6.16 Å². The number of carbonyl (C=O) groups is 4. The number of hydrogen-bond donors (Lipinski definition) is 1. The molecule has 2 aliphatic rings. The summed E-state index contributed by atoms with van der Waals surface area (Å²) in [4.78, 5) is 47.5. The molecule has 0 aromatic heterocycles. The van der Waals surface area contributed by atoms with E-state index < -0.39 is 23.7 Å². The Bertz CT molecular complexity index is 539. The van der Waals surface area contributed by atoms with E-state index >= 15 is 0 Å². The van der Waals surface area contributed by atoms with E-state index in [1.54, 1.807) is 6.92 Å². The minimum Gasteiger partial charge on any atom is -0.450 e. The molecule has 2 atom stereocenters. The number of carbonyl (C=O) groups excluding carboxylic acids is 3. The van der Waals surface area contributed by atoms with E-state index in [-0.39, 0.29) is 17.4 Å². The minimum absolute atomic E-state index is 0.0701. The molecule has 0 aromatic carbocycles. The first-order valence-corrected chi connectivity index (χ1v) is 8.50. The smallest absolute Gasteiger partial charge is 0.450 e. The Morgan fingerprint density at radius 2 is 2.09 bits per heavy atom. The first kappa shape index (κ1) is 17.6. The van der Waals surface area contributed by atoms with Crippen molar-refractivity contribution in [2.45, 2.75) is 45.8 Å². The predicted molar refractivity (Wildman–Crippen MR) is 81.2 cm³/mol. The van der Waals surface area contributed by atoms with Crippen molar-refractivity contribution in [1.82, 2.24) is 10.0 Å². The zero-order valence-electron chi connectivity index (χ0n) is 13.1. The lowest BCUT2D eigenvalue weighted by Gasteiger charge is -2.37. The monoisotopic (exact) mass is 344 g/mol. The highest BCUT2D eigenvalue weighted by Crippen LogP contribution is 2.42. The van der Waals surface area contributed by atoms with Gasteiger partial charge in [-0.15, -0.1) is 0 Å². The van der Waals surface area contributed by atoms with Gasteiger partial charge in [-0.25, -0.2) is 14.8 Å². The van der Waals surface area contributed by atoms with Crippen LogP contribution in [0.4, 0.5) is 4.79 Å². The second kappa shape index (κ2) is 6.77. The van der Waals surface area contributed by atoms with Gasteiger partial charge in [0.05, 0.1) is 0 Å². The van der Waals surface area contributed by atoms with E-state index in [2.05, 4.69) is 0 Å². The fourth-order valence-corrected chi connectivity index (χ4v) is 3.82. The van der Waals surface area contributed by atoms with E-state index in [9.17, 15) is 19.2 Å². The molecule has 2 heterocycles. The molecule has 2 rings (SSSR count). The van der Waals surface area contributed by atoms with E-state index in [0.29, 0.717) is 31.6 Å². The molecular weight excluding hydrogens is 324 g/mol. The summed E-state index contributed by atoms with van der Waals surface area (Å²) in [6.07, 6.45) is -0.960. The Morgan fingerprint density at radius 1 is 1.39 bits per heavy atom. The largest absolute Gasteiger partial charge is 0.507 e. The van der Waals surface area contributed by atoms with Gasteiger partial charge < -0.3 is 9.84 Å². The Hall–Kier alpha value is -1.77. The van der Waals surface area contributed by atoms with Gasteiger partial charge in [-0.1, -0.05) is 18.7 Å². The Balaban J connectivity index is 2.24. The highest BCUT2D eigenvalue weighted by Gasteiger charge is 2.59. The Kier molecular flexibility index (Phi) is 5.18. The molecule has 2 aliphatic heterocycles. The fourth-order valence-electron chi connectivity index (χ4n) is 3.09. The summed E-state index contributed by atoms with van der Waals surface area (Å²) in [5.41, 5.74) is -1.23. The maximum Gasteiger partial charge on any atom is 0.507 e. The number of fused-ring (bicyclic) bond motifs is 1. The zero-order valence-corrected chi connectivity index (χ0v) is 13.9. The fraction of sp³-hybridized carbons (Fsp3) is 0.714. The quantitative estimate of drug-likeness (QED) is 0.594. The van der Waals surface area contributed by atoms with E-state index in [1.165, 1.54) is 11.9 Å². The van der Waals surface area contributed by atoms with Crippen molar-refractivity contribution in [2.75, 3.05) is 12.3 Å². The van der Waals surface area contributed by atoms with Crippen LogP contribution in [0, 0.1) is 5.41 Å². The third kappa shape index (κ3) is 3.15. The summed E-state index contributed by atoms with van der Waals surface area (Å²) in [6.45, 7) is 3.55. The average Bonchev–Trinajstić information content (AvgIpc) is 2.69. The van der Waals surface area contributed by atoms with Crippen LogP contribution in [0.25, 0.3) is 0 Å². The SMILES string of the molecule is CCC1(CCSC(C)=O)C(=O)N2CCCC(OC(=O)O)N2C1=O. The third-order valence-electron chi connectivity index (χ3n) is 4.29. The van der Waals surface area contributed by atoms with Crippen molar-refractivity contribution in [1.29, 1.82) is 0 Å². The molecular formula is C14H20N2O6S. The van der Waals surface area contributed by atoms with Gasteiger partial charge in [-0.2, -0.15) is 0 Å². The van der Waals surface area contributed by atoms with Crippen molar-refractivity contribution in [3.63, 3.8) is 0 Å². The Morgan fingerprint density at radius 3 is 2.65 bits per heavy atom. The highest BCUT2D eigenvalue weighted by atomic mass is 32.2. The summed E-state index contributed by atoms with van der Waals surface area (Å²) in [7, 11) is 0. The molecule has 1 N–H and O–H groups in total. The molecule has 0 aromatic rings. The number of hydrazine groups is 1. The Labute approximate surface area is 138 Å². The number of amides is 2. The zero-order chi connectivity index (χ0) is 17.2. The molecule has 0 saturated carbocycles. The maximum absolute atomic E-state index is 12.9. The predicted octanol–water partition coefficient (Wildman–Crippen LogP) is 1.45. The van der Waals surface area contributed by atoms with Gasteiger partial charge in [0.15, 0.2) is 11.3 Å². The second-order valence-corrected chi connectivity index (χ2v) is 6.86. The lowest BCUT2D eigenvalue weighted by atomic mass is 9.81. The molecule has 0 bridgehead atoms. The lowest BCUT2D eigenvalue weighted by Crippen LogP contribution is -2.53. The molecule has 8 nitrogen and oxygen atoms in total. The van der Waals surface area contributed by atoms with Crippen LogP contribution in [-0.4, -0.2) is 56.7 Å². The van der Waals surface area contributed by atoms with Crippen molar-refractivity contribution in [2.24, 2.45) is 5.41 Å². The first-order chi connectivity index (χ1) is 10.8. The average molecular weight is 344 g/mol. The second-order valence-electron chi connectivity index (χ2n) is 5.58. The van der Waals surface area contributed by atoms with Crippen LogP contribution < -0.4 is 0 Å². The van der Waals surface area contributed by atoms with Crippen molar-refractivity contribution in [3.05, 3.63) is 0 Å². The van der Waals surface area contributed by atoms with Crippen molar-refractivity contribution in [3.8, 4) is 0 Å². The summed E-state index contributed by atoms with van der Waals surface area (Å²) in [6, 6.07) is 0. The van der Waals surface area contributed by atoms with Crippen LogP contribution in [-0.2, 0) is 19.1 Å². The van der Waals surface area contributed by atoms with Gasteiger partial charge in [-0.05, 0) is 19.3 Å². The standard InChI is InChI=1S/C14H20N2O6S/c1-3-14(6-8-23-9(2)17)11(18)15-7-4-5-10(22-13(20)21)16(15)12(14)19/h10H,3-8H2,1-2H3,(H,20,21). The van der Waals surface area contributed by atoms with Gasteiger partial charge in [-0.3, -0.25) is 14.4 Å². The van der Waals surface area contributed by atoms with Gasteiger partial charge in [0.25, 0.3) is 11.8 Å². The highest BCUT2D eigenvalue weighted by molar-refractivity contribution is 8.13. The number of hydrogen-bond acceptors (Lipinski definition) is 6. The van der Waals surface area contributed by atoms with Crippen LogP contribution in [0.3, 0.4) is 0 Å². The van der Waals surface area contributed by atoms with Crippen LogP contribution in [0.1, 0.15) is 39.5 Å². The van der Waals surface area contributed by atoms with E-state index in [4.69, 9.17) is 9.84 Å². The van der Waals surface area contributed by atoms with Crippen molar-refractivity contribution >= 4 is 34.8 Å². The summed E-state index contributed by atoms with van der Waals surface area (Å²) < 4.78 is 4.77. The minimum atomic E-state index is -1.47. The number of carboxylic acid groups (broad SMARTS) is 1. The van der Waals surface area contributed by atoms with Crippen LogP contribution in [0.15, 0.2) is 0 Å². The van der Waals surface area contributed by atoms with E-state index in [0.717, 1.165) is 16.8 Å². The topological polar surface area (TPSA) is 104 Å². The normalized spacial score (nSPS) is 27.1. The number of rotatable bonds is 5.